The predicted molar refractivity (Wildman–Crippen MR) is 278 cm³/mol. The molecule has 8 heterocycles. The molecule has 8 aromatic heterocycles. The van der Waals surface area contributed by atoms with Crippen LogP contribution in [-0.2, 0) is 31.2 Å². The van der Waals surface area contributed by atoms with Crippen LogP contribution in [0.4, 0.5) is 0 Å². The largest absolute Gasteiger partial charge is 0.494 e. The van der Waals surface area contributed by atoms with Crippen molar-refractivity contribution < 1.29 is 54.8 Å². The number of para-hydroxylation sites is 2. The van der Waals surface area contributed by atoms with Gasteiger partial charge in [0.15, 0.2) is 42.8 Å². The first kappa shape index (κ1) is 52.5. The van der Waals surface area contributed by atoms with Crippen LogP contribution in [0.2, 0.25) is 0 Å². The van der Waals surface area contributed by atoms with E-state index in [9.17, 15) is 27.0 Å². The van der Waals surface area contributed by atoms with Crippen LogP contribution in [0.25, 0.3) is 45.8 Å². The Hall–Kier alpha value is -8.32. The van der Waals surface area contributed by atoms with Crippen LogP contribution in [-0.4, -0.2) is 114 Å². The molecule has 0 fully saturated rings. The summed E-state index contributed by atoms with van der Waals surface area (Å²) in [5.41, 5.74) is 2.56. The highest BCUT2D eigenvalue weighted by Gasteiger charge is 2.36. The van der Waals surface area contributed by atoms with Gasteiger partial charge >= 0.3 is 0 Å². The molecule has 0 saturated heterocycles. The summed E-state index contributed by atoms with van der Waals surface area (Å²) in [7, 11) is -1.92. The molecule has 4 atom stereocenters. The monoisotopic (exact) mass is 1070 g/mol. The summed E-state index contributed by atoms with van der Waals surface area (Å²) < 4.78 is 94.9. The molecular weight excluding hydrogens is 1020 g/mol. The number of rotatable bonds is 18. The second-order valence-corrected chi connectivity index (χ2v) is 22.3. The number of aliphatic hydroxyl groups is 2. The van der Waals surface area contributed by atoms with Gasteiger partial charge in [0.25, 0.3) is 0 Å². The number of sulfone groups is 2. The minimum absolute atomic E-state index is 0.103. The number of hydrogen-bond donors (Lipinski definition) is 2. The predicted octanol–water partition coefficient (Wildman–Crippen LogP) is 7.08. The fourth-order valence-electron chi connectivity index (χ4n) is 8.51. The van der Waals surface area contributed by atoms with E-state index in [1.165, 1.54) is 42.3 Å². The Morgan fingerprint density at radius 1 is 0.513 bits per heavy atom. The van der Waals surface area contributed by atoms with E-state index in [-0.39, 0.29) is 34.7 Å². The summed E-state index contributed by atoms with van der Waals surface area (Å²) >= 11 is 0. The SMILES string of the molecule is COc1cccc(OC)c1-n1c(CS(=O)(=O)[C@@H](C)[C@@H](O)c2cn3ccccc3n2)nnc1-c1ccc(C)o1.COc1cccc(OC)c1-n1c(CS(=O)(=O)[C@H](C)[C@H](O)c2cn3ccccc3n2)nnc1-c1ccc(C)o1. The van der Waals surface area contributed by atoms with E-state index in [1.54, 1.807) is 129 Å². The molecule has 10 rings (SSSR count). The summed E-state index contributed by atoms with van der Waals surface area (Å²) in [6.45, 7) is 6.49. The normalized spacial score (nSPS) is 13.5. The molecule has 0 aliphatic heterocycles. The van der Waals surface area contributed by atoms with Crippen LogP contribution >= 0.6 is 0 Å². The number of hydrogen-bond acceptors (Lipinski definition) is 18. The fraction of sp³-hybridized carbons (Fsp3) is 0.269. The number of methoxy groups -OCH3 is 4. The second-order valence-electron chi connectivity index (χ2n) is 17.6. The van der Waals surface area contributed by atoms with Gasteiger partial charge in [-0.25, -0.2) is 26.8 Å². The molecule has 0 aliphatic carbocycles. The quantitative estimate of drug-likeness (QED) is 0.0869. The van der Waals surface area contributed by atoms with Gasteiger partial charge in [0.1, 0.15) is 80.9 Å². The van der Waals surface area contributed by atoms with E-state index < -0.39 is 53.9 Å². The summed E-state index contributed by atoms with van der Waals surface area (Å²) in [6, 6.07) is 28.2. The molecule has 0 unspecified atom stereocenters. The number of benzene rings is 2. The van der Waals surface area contributed by atoms with E-state index in [4.69, 9.17) is 27.8 Å². The average molecular weight is 1080 g/mol. The molecule has 22 nitrogen and oxygen atoms in total. The first-order valence-corrected chi connectivity index (χ1v) is 27.0. The lowest BCUT2D eigenvalue weighted by Crippen LogP contribution is -2.28. The van der Waals surface area contributed by atoms with Crippen molar-refractivity contribution in [3.8, 4) is 57.5 Å². The van der Waals surface area contributed by atoms with Crippen molar-refractivity contribution >= 4 is 31.0 Å². The first-order chi connectivity index (χ1) is 36.5. The Morgan fingerprint density at radius 3 is 1.20 bits per heavy atom. The molecule has 396 valence electrons. The number of aryl methyl sites for hydroxylation is 2. The molecular formula is C52H54N10O12S2. The summed E-state index contributed by atoms with van der Waals surface area (Å²) in [6.07, 6.45) is 4.07. The Kier molecular flexibility index (Phi) is 14.9. The third-order valence-corrected chi connectivity index (χ3v) is 16.8. The zero-order chi connectivity index (χ0) is 54.1. The van der Waals surface area contributed by atoms with E-state index in [2.05, 4.69) is 30.4 Å². The third kappa shape index (κ3) is 10.3. The maximum atomic E-state index is 13.6. The Bertz CT molecular complexity index is 3550. The molecule has 10 aromatic rings. The lowest BCUT2D eigenvalue weighted by molar-refractivity contribution is 0.171. The van der Waals surface area contributed by atoms with Crippen molar-refractivity contribution in [3.63, 3.8) is 0 Å². The van der Waals surface area contributed by atoms with Crippen molar-refractivity contribution in [1.82, 2.24) is 48.3 Å². The molecule has 0 spiro atoms. The first-order valence-electron chi connectivity index (χ1n) is 23.6. The van der Waals surface area contributed by atoms with Gasteiger partial charge in [-0.15, -0.1) is 20.4 Å². The van der Waals surface area contributed by atoms with Crippen molar-refractivity contribution in [2.75, 3.05) is 28.4 Å². The van der Waals surface area contributed by atoms with Crippen molar-refractivity contribution in [2.24, 2.45) is 0 Å². The Balaban J connectivity index is 0.000000186. The third-order valence-electron chi connectivity index (χ3n) is 12.7. The van der Waals surface area contributed by atoms with E-state index in [0.29, 0.717) is 68.7 Å². The smallest absolute Gasteiger partial charge is 0.204 e. The van der Waals surface area contributed by atoms with E-state index >= 15 is 0 Å². The lowest BCUT2D eigenvalue weighted by Gasteiger charge is -2.19. The van der Waals surface area contributed by atoms with Crippen molar-refractivity contribution in [1.29, 1.82) is 0 Å². The standard InChI is InChI=1S/2C26H27N5O6S/c2*1-16-11-12-21(37-16)26-29-28-23(31(26)24-19(35-3)8-7-9-20(24)36-4)15-38(33,34)17(2)25(32)18-14-30-13-6-5-10-22(30)27-18/h2*5-14,17,25,32H,15H2,1-4H3/t2*17-,25+/m10/s1. The number of aliphatic hydroxyl groups excluding tert-OH is 2. The highest BCUT2D eigenvalue weighted by atomic mass is 32.2. The maximum Gasteiger partial charge on any atom is 0.204 e. The van der Waals surface area contributed by atoms with Gasteiger partial charge in [0.2, 0.25) is 11.6 Å². The molecule has 0 radical (unpaired) electrons. The minimum atomic E-state index is -3.97. The van der Waals surface area contributed by atoms with Crippen LogP contribution in [0.3, 0.4) is 0 Å². The molecule has 2 aromatic carbocycles. The van der Waals surface area contributed by atoms with Gasteiger partial charge in [-0.05, 0) is 100 Å². The molecule has 0 aliphatic rings. The van der Waals surface area contributed by atoms with Crippen LogP contribution in [0.5, 0.6) is 23.0 Å². The summed E-state index contributed by atoms with van der Waals surface area (Å²) in [5, 5.41) is 36.6. The van der Waals surface area contributed by atoms with Gasteiger partial charge in [-0.2, -0.15) is 0 Å². The van der Waals surface area contributed by atoms with E-state index in [1.807, 2.05) is 24.3 Å². The molecule has 24 heteroatoms. The van der Waals surface area contributed by atoms with Crippen LogP contribution < -0.4 is 18.9 Å². The Morgan fingerprint density at radius 2 is 0.882 bits per heavy atom. The lowest BCUT2D eigenvalue weighted by atomic mass is 10.2. The Labute approximate surface area is 436 Å². The van der Waals surface area contributed by atoms with Crippen LogP contribution in [0, 0.1) is 13.8 Å². The van der Waals surface area contributed by atoms with Crippen LogP contribution in [0.15, 0.2) is 131 Å². The van der Waals surface area contributed by atoms with Gasteiger partial charge in [0, 0.05) is 24.8 Å². The van der Waals surface area contributed by atoms with Gasteiger partial charge in [-0.3, -0.25) is 9.13 Å². The molecule has 2 N–H and O–H groups in total. The summed E-state index contributed by atoms with van der Waals surface area (Å²) in [5.74, 6) is 3.49. The number of nitrogens with zero attached hydrogens (tertiary/aromatic N) is 10. The molecule has 76 heavy (non-hydrogen) atoms. The van der Waals surface area contributed by atoms with Gasteiger partial charge in [0.05, 0.1) is 50.3 Å². The van der Waals surface area contributed by atoms with E-state index in [0.717, 1.165) is 0 Å². The molecule has 0 amide bonds. The number of imidazole rings is 2. The number of aromatic nitrogens is 10. The second kappa shape index (κ2) is 21.5. The number of furan rings is 2. The van der Waals surface area contributed by atoms with Gasteiger partial charge in [-0.1, -0.05) is 24.3 Å². The van der Waals surface area contributed by atoms with Crippen LogP contribution in [0.1, 0.15) is 60.6 Å². The zero-order valence-electron chi connectivity index (χ0n) is 42.5. The molecule has 0 bridgehead atoms. The van der Waals surface area contributed by atoms with Crippen molar-refractivity contribution in [2.45, 2.75) is 61.9 Å². The highest BCUT2D eigenvalue weighted by Crippen LogP contribution is 2.39. The average Bonchev–Trinajstić information content (AvgIpc) is 4.31. The molecule has 0 saturated carbocycles. The minimum Gasteiger partial charge on any atom is -0.494 e. The number of pyridine rings is 2. The van der Waals surface area contributed by atoms with Crippen molar-refractivity contribution in [3.05, 3.63) is 156 Å². The fourth-order valence-corrected chi connectivity index (χ4v) is 11.2. The number of ether oxygens (including phenoxy) is 4. The maximum absolute atomic E-state index is 13.6. The number of fused-ring (bicyclic) bond motifs is 2. The highest BCUT2D eigenvalue weighted by molar-refractivity contribution is 7.91. The topological polar surface area (TPSA) is 268 Å². The zero-order valence-corrected chi connectivity index (χ0v) is 44.2. The van der Waals surface area contributed by atoms with Gasteiger partial charge < -0.3 is 46.8 Å². The summed E-state index contributed by atoms with van der Waals surface area (Å²) in [4.78, 5) is 8.76.